The summed E-state index contributed by atoms with van der Waals surface area (Å²) in [7, 11) is 0. The Bertz CT molecular complexity index is 1100. The molecule has 0 spiro atoms. The molecule has 3 aromatic rings. The molecule has 6 N–H and O–H groups in total. The molecular weight excluding hydrogens is 358 g/mol. The van der Waals surface area contributed by atoms with Gasteiger partial charge in [0.05, 0.1) is 5.69 Å². The second-order valence-electron chi connectivity index (χ2n) is 6.21. The third-order valence-electron chi connectivity index (χ3n) is 4.27. The molecule has 2 heterocycles. The van der Waals surface area contributed by atoms with E-state index in [0.717, 1.165) is 11.1 Å². The highest BCUT2D eigenvalue weighted by Crippen LogP contribution is 2.34. The predicted molar refractivity (Wildman–Crippen MR) is 107 cm³/mol. The van der Waals surface area contributed by atoms with Crippen LogP contribution in [0, 0.1) is 5.41 Å². The maximum atomic E-state index is 12.6. The lowest BCUT2D eigenvalue weighted by Crippen LogP contribution is -2.23. The van der Waals surface area contributed by atoms with Gasteiger partial charge in [-0.15, -0.1) is 0 Å². The van der Waals surface area contributed by atoms with Crippen LogP contribution in [0.3, 0.4) is 0 Å². The largest absolute Gasteiger partial charge is 0.454 e. The molecule has 4 rings (SSSR count). The minimum atomic E-state index is -0.589. The van der Waals surface area contributed by atoms with Crippen molar-refractivity contribution in [2.75, 3.05) is 23.6 Å². The van der Waals surface area contributed by atoms with E-state index in [0.29, 0.717) is 34.1 Å². The summed E-state index contributed by atoms with van der Waals surface area (Å²) in [5.41, 5.74) is 14.7. The Kier molecular flexibility index (Phi) is 4.29. The summed E-state index contributed by atoms with van der Waals surface area (Å²) in [6.45, 7) is 0.144. The van der Waals surface area contributed by atoms with Gasteiger partial charge in [-0.1, -0.05) is 6.07 Å². The van der Waals surface area contributed by atoms with E-state index in [1.54, 1.807) is 54.9 Å². The number of pyridine rings is 1. The number of nitrogens with zero attached hydrogens (tertiary/aromatic N) is 1. The molecule has 1 amide bonds. The number of benzene rings is 2. The van der Waals surface area contributed by atoms with E-state index in [2.05, 4.69) is 10.3 Å². The number of ether oxygens (including phenoxy) is 2. The van der Waals surface area contributed by atoms with Crippen LogP contribution in [-0.2, 0) is 4.79 Å². The van der Waals surface area contributed by atoms with Crippen molar-refractivity contribution >= 4 is 28.7 Å². The number of rotatable bonds is 4. The van der Waals surface area contributed by atoms with Crippen molar-refractivity contribution < 1.29 is 14.3 Å². The van der Waals surface area contributed by atoms with Crippen molar-refractivity contribution in [3.8, 4) is 22.6 Å². The van der Waals surface area contributed by atoms with Crippen molar-refractivity contribution in [3.05, 3.63) is 60.4 Å². The molecule has 1 aliphatic heterocycles. The Labute approximate surface area is 160 Å². The van der Waals surface area contributed by atoms with E-state index in [-0.39, 0.29) is 12.5 Å². The van der Waals surface area contributed by atoms with Crippen LogP contribution in [0.1, 0.15) is 5.56 Å². The van der Waals surface area contributed by atoms with Crippen LogP contribution in [0.2, 0.25) is 0 Å². The highest BCUT2D eigenvalue weighted by atomic mass is 16.7. The van der Waals surface area contributed by atoms with E-state index in [1.165, 1.54) is 0 Å². The number of anilines is 3. The molecule has 1 aliphatic rings. The second kappa shape index (κ2) is 6.92. The fraction of sp³-hybridized carbons (Fsp3) is 0.0500. The van der Waals surface area contributed by atoms with E-state index < -0.39 is 5.91 Å². The van der Waals surface area contributed by atoms with Crippen LogP contribution >= 0.6 is 0 Å². The van der Waals surface area contributed by atoms with Crippen molar-refractivity contribution in [1.82, 2.24) is 4.98 Å². The van der Waals surface area contributed by atoms with Gasteiger partial charge in [-0.05, 0) is 35.9 Å². The maximum absolute atomic E-state index is 12.6. The molecule has 0 atom stereocenters. The van der Waals surface area contributed by atoms with Gasteiger partial charge in [0.2, 0.25) is 6.79 Å². The molecule has 8 nitrogen and oxygen atoms in total. The first-order chi connectivity index (χ1) is 13.5. The molecule has 0 saturated carbocycles. The van der Waals surface area contributed by atoms with Crippen LogP contribution in [0.4, 0.5) is 17.1 Å². The van der Waals surface area contributed by atoms with E-state index >= 15 is 0 Å². The average molecular weight is 375 g/mol. The second-order valence-corrected chi connectivity index (χ2v) is 6.21. The predicted octanol–water partition coefficient (Wildman–Crippen LogP) is 2.65. The Balaban J connectivity index is 1.58. The third-order valence-corrected chi connectivity index (χ3v) is 4.27. The van der Waals surface area contributed by atoms with Gasteiger partial charge in [-0.2, -0.15) is 0 Å². The van der Waals surface area contributed by atoms with Crippen molar-refractivity contribution in [2.45, 2.75) is 0 Å². The van der Waals surface area contributed by atoms with Crippen LogP contribution in [0.5, 0.6) is 11.5 Å². The van der Waals surface area contributed by atoms with Crippen LogP contribution in [-0.4, -0.2) is 23.4 Å². The lowest BCUT2D eigenvalue weighted by Gasteiger charge is -2.11. The summed E-state index contributed by atoms with van der Waals surface area (Å²) in [5.74, 6) is 0.564. The Hall–Kier alpha value is -4.07. The molecule has 28 heavy (non-hydrogen) atoms. The summed E-state index contributed by atoms with van der Waals surface area (Å²) >= 11 is 0. The maximum Gasteiger partial charge on any atom is 0.274 e. The topological polar surface area (TPSA) is 136 Å². The zero-order valence-corrected chi connectivity index (χ0v) is 14.7. The molecule has 140 valence electrons. The number of amides is 1. The first kappa shape index (κ1) is 17.3. The highest BCUT2D eigenvalue weighted by molar-refractivity contribution is 6.48. The number of nitrogen functional groups attached to an aromatic ring is 2. The minimum Gasteiger partial charge on any atom is -0.454 e. The summed E-state index contributed by atoms with van der Waals surface area (Å²) in [6, 6.07) is 11.9. The van der Waals surface area contributed by atoms with Crippen LogP contribution in [0.15, 0.2) is 54.9 Å². The Morgan fingerprint density at radius 2 is 1.82 bits per heavy atom. The molecule has 0 saturated heterocycles. The smallest absolute Gasteiger partial charge is 0.274 e. The van der Waals surface area contributed by atoms with Crippen LogP contribution < -0.4 is 26.3 Å². The number of hydrogen-bond acceptors (Lipinski definition) is 7. The fourth-order valence-corrected chi connectivity index (χ4v) is 2.86. The van der Waals surface area contributed by atoms with Gasteiger partial charge in [0.25, 0.3) is 5.91 Å². The normalized spacial score (nSPS) is 11.9. The first-order valence-corrected chi connectivity index (χ1v) is 8.41. The summed E-state index contributed by atoms with van der Waals surface area (Å²) in [6.07, 6.45) is 3.20. The van der Waals surface area contributed by atoms with Crippen molar-refractivity contribution in [2.24, 2.45) is 0 Å². The molecule has 0 aliphatic carbocycles. The molecular formula is C20H17N5O3. The van der Waals surface area contributed by atoms with Gasteiger partial charge >= 0.3 is 0 Å². The quantitative estimate of drug-likeness (QED) is 0.409. The van der Waals surface area contributed by atoms with Crippen molar-refractivity contribution in [1.29, 1.82) is 5.41 Å². The van der Waals surface area contributed by atoms with Crippen LogP contribution in [0.25, 0.3) is 11.1 Å². The lowest BCUT2D eigenvalue weighted by atomic mass is 10.00. The molecule has 1 aromatic heterocycles. The average Bonchev–Trinajstić information content (AvgIpc) is 3.15. The van der Waals surface area contributed by atoms with Gasteiger partial charge in [0.15, 0.2) is 11.5 Å². The molecule has 0 fully saturated rings. The molecule has 8 heteroatoms. The molecule has 2 aromatic carbocycles. The van der Waals surface area contributed by atoms with Crippen molar-refractivity contribution in [3.63, 3.8) is 0 Å². The SMILES string of the molecule is N=C(C(=O)Nc1ccc2c(c1)OCO2)c1cc(-c2cncc(N)c2)ccc1N. The van der Waals surface area contributed by atoms with Gasteiger partial charge in [0.1, 0.15) is 5.71 Å². The first-order valence-electron chi connectivity index (χ1n) is 8.41. The number of nitrogens with one attached hydrogen (secondary N) is 2. The monoisotopic (exact) mass is 375 g/mol. The van der Waals surface area contributed by atoms with E-state index in [1.807, 2.05) is 0 Å². The summed E-state index contributed by atoms with van der Waals surface area (Å²) in [4.78, 5) is 16.6. The highest BCUT2D eigenvalue weighted by Gasteiger charge is 2.18. The van der Waals surface area contributed by atoms with Gasteiger partial charge in [0, 0.05) is 41.0 Å². The van der Waals surface area contributed by atoms with E-state index in [4.69, 9.17) is 26.4 Å². The summed E-state index contributed by atoms with van der Waals surface area (Å²) < 4.78 is 10.5. The van der Waals surface area contributed by atoms with Gasteiger partial charge in [-0.3, -0.25) is 15.2 Å². The van der Waals surface area contributed by atoms with Gasteiger partial charge in [-0.25, -0.2) is 0 Å². The van der Waals surface area contributed by atoms with Gasteiger partial charge < -0.3 is 26.3 Å². The van der Waals surface area contributed by atoms with E-state index in [9.17, 15) is 4.79 Å². The third kappa shape index (κ3) is 3.30. The standard InChI is InChI=1S/C20H17N5O3/c21-13-5-12(8-24-9-13)11-1-3-16(22)15(6-11)19(23)20(26)25-14-2-4-17-18(7-14)28-10-27-17/h1-9,23H,10,21-22H2,(H,25,26). The number of carbonyl (C=O) groups excluding carboxylic acids is 1. The number of hydrogen-bond donors (Lipinski definition) is 4. The molecule has 0 bridgehead atoms. The number of fused-ring (bicyclic) bond motifs is 1. The minimum absolute atomic E-state index is 0.144. The molecule has 0 radical (unpaired) electrons. The number of aromatic nitrogens is 1. The fourth-order valence-electron chi connectivity index (χ4n) is 2.86. The lowest BCUT2D eigenvalue weighted by molar-refractivity contribution is -0.110. The zero-order chi connectivity index (χ0) is 19.7. The molecule has 0 unspecified atom stereocenters. The number of carbonyl (C=O) groups is 1. The number of nitrogens with two attached hydrogens (primary N) is 2. The zero-order valence-electron chi connectivity index (χ0n) is 14.7. The summed E-state index contributed by atoms with van der Waals surface area (Å²) in [5, 5.41) is 11.0. The Morgan fingerprint density at radius 1 is 1.00 bits per heavy atom. The Morgan fingerprint density at radius 3 is 2.64 bits per heavy atom.